The standard InChI is InChI=1S/C35H70/c1-3-5-7-9-11-13-15-17-19-21-23-25-27-29-31-33-35-34-32-30-28-26-24-22-20-18-16-14-12-10-8-6-4-2/h1-35H2. The fraction of sp³-hybridized carbons (Fsp3) is 0.943. The molecule has 210 valence electrons. The van der Waals surface area contributed by atoms with Crippen molar-refractivity contribution in [2.45, 2.75) is 212 Å². The van der Waals surface area contributed by atoms with Crippen LogP contribution < -0.4 is 0 Å². The van der Waals surface area contributed by atoms with E-state index in [1.54, 1.807) is 0 Å². The van der Waals surface area contributed by atoms with Crippen LogP contribution in [-0.2, 0) is 0 Å². The molecular weight excluding hydrogens is 420 g/mol. The highest BCUT2D eigenvalue weighted by Crippen LogP contribution is 2.16. The molecule has 0 aliphatic heterocycles. The minimum atomic E-state index is 1.12. The quantitative estimate of drug-likeness (QED) is 0.0822. The average Bonchev–Trinajstić information content (AvgIpc) is 2.87. The molecule has 0 aromatic rings. The van der Waals surface area contributed by atoms with Gasteiger partial charge in [0.15, 0.2) is 0 Å². The van der Waals surface area contributed by atoms with Crippen molar-refractivity contribution in [2.75, 3.05) is 0 Å². The van der Waals surface area contributed by atoms with Crippen molar-refractivity contribution in [2.24, 2.45) is 0 Å². The van der Waals surface area contributed by atoms with Gasteiger partial charge in [-0.2, -0.15) is 0 Å². The molecule has 0 rings (SSSR count). The SMILES string of the molecule is [CH2]CCCCCCCCCCCCCCCCCCCCCCCCCCCCCCCCC[CH2]. The molecule has 0 aliphatic carbocycles. The topological polar surface area (TPSA) is 0 Å². The highest BCUT2D eigenvalue weighted by molar-refractivity contribution is 4.53. The lowest BCUT2D eigenvalue weighted by molar-refractivity contribution is 0.512. The molecule has 0 saturated heterocycles. The Morgan fingerprint density at radius 3 is 0.314 bits per heavy atom. The van der Waals surface area contributed by atoms with E-state index in [1.165, 1.54) is 199 Å². The lowest BCUT2D eigenvalue weighted by atomic mass is 10.0. The smallest absolute Gasteiger partial charge is 0.0533 e. The van der Waals surface area contributed by atoms with Crippen molar-refractivity contribution >= 4 is 0 Å². The van der Waals surface area contributed by atoms with E-state index >= 15 is 0 Å². The second kappa shape index (κ2) is 34.0. The number of unbranched alkanes of at least 4 members (excludes halogenated alkanes) is 32. The molecule has 0 atom stereocenters. The Morgan fingerprint density at radius 2 is 0.229 bits per heavy atom. The fourth-order valence-electron chi connectivity index (χ4n) is 5.48. The number of rotatable bonds is 32. The second-order valence-corrected chi connectivity index (χ2v) is 11.7. The lowest BCUT2D eigenvalue weighted by Crippen LogP contribution is -1.85. The van der Waals surface area contributed by atoms with Gasteiger partial charge in [0.05, 0.1) is 0 Å². The molecule has 0 fully saturated rings. The Hall–Kier alpha value is 0. The summed E-state index contributed by atoms with van der Waals surface area (Å²) in [6, 6.07) is 0. The monoisotopic (exact) mass is 491 g/mol. The van der Waals surface area contributed by atoms with Crippen molar-refractivity contribution in [1.82, 2.24) is 0 Å². The molecule has 0 bridgehead atoms. The van der Waals surface area contributed by atoms with E-state index in [-0.39, 0.29) is 0 Å². The Kier molecular flexibility index (Phi) is 34.0. The van der Waals surface area contributed by atoms with Crippen molar-refractivity contribution in [3.05, 3.63) is 13.8 Å². The largest absolute Gasteiger partial charge is 0.0533 e. The van der Waals surface area contributed by atoms with E-state index in [4.69, 9.17) is 0 Å². The highest BCUT2D eigenvalue weighted by Gasteiger charge is 1.97. The molecule has 0 aromatic heterocycles. The van der Waals surface area contributed by atoms with Crippen molar-refractivity contribution < 1.29 is 0 Å². The minimum absolute atomic E-state index is 1.12. The van der Waals surface area contributed by atoms with Gasteiger partial charge in [0.25, 0.3) is 0 Å². The van der Waals surface area contributed by atoms with Crippen LogP contribution in [0.4, 0.5) is 0 Å². The summed E-state index contributed by atoms with van der Waals surface area (Å²) in [6.07, 6.45) is 47.7. The van der Waals surface area contributed by atoms with Crippen LogP contribution in [0.2, 0.25) is 0 Å². The van der Waals surface area contributed by atoms with E-state index in [2.05, 4.69) is 13.8 Å². The third-order valence-corrected chi connectivity index (χ3v) is 8.00. The molecule has 0 amide bonds. The van der Waals surface area contributed by atoms with Gasteiger partial charge in [-0.05, 0) is 0 Å². The summed E-state index contributed by atoms with van der Waals surface area (Å²) in [6.45, 7) is 7.85. The van der Waals surface area contributed by atoms with Gasteiger partial charge in [-0.15, -0.1) is 0 Å². The van der Waals surface area contributed by atoms with Gasteiger partial charge in [0.1, 0.15) is 0 Å². The normalized spacial score (nSPS) is 11.5. The zero-order valence-corrected chi connectivity index (χ0v) is 24.7. The first kappa shape index (κ1) is 35.0. The molecule has 0 aliphatic rings. The van der Waals surface area contributed by atoms with Crippen LogP contribution in [0.25, 0.3) is 0 Å². The molecule has 0 nitrogen and oxygen atoms in total. The summed E-state index contributed by atoms with van der Waals surface area (Å²) in [5, 5.41) is 0. The van der Waals surface area contributed by atoms with Crippen LogP contribution >= 0.6 is 0 Å². The maximum atomic E-state index is 3.92. The average molecular weight is 491 g/mol. The van der Waals surface area contributed by atoms with Gasteiger partial charge >= 0.3 is 0 Å². The van der Waals surface area contributed by atoms with Crippen LogP contribution in [0, 0.1) is 13.8 Å². The van der Waals surface area contributed by atoms with Crippen molar-refractivity contribution in [3.8, 4) is 0 Å². The molecule has 0 unspecified atom stereocenters. The predicted octanol–water partition coefficient (Wildman–Crippen LogP) is 13.5. The predicted molar refractivity (Wildman–Crippen MR) is 163 cm³/mol. The van der Waals surface area contributed by atoms with Gasteiger partial charge in [0.2, 0.25) is 0 Å². The van der Waals surface area contributed by atoms with E-state index in [0.717, 1.165) is 12.8 Å². The summed E-state index contributed by atoms with van der Waals surface area (Å²) < 4.78 is 0. The van der Waals surface area contributed by atoms with Crippen LogP contribution in [0.5, 0.6) is 0 Å². The molecule has 0 saturated carbocycles. The van der Waals surface area contributed by atoms with E-state index in [9.17, 15) is 0 Å². The van der Waals surface area contributed by atoms with Gasteiger partial charge in [-0.25, -0.2) is 0 Å². The number of hydrogen-bond acceptors (Lipinski definition) is 0. The summed E-state index contributed by atoms with van der Waals surface area (Å²) in [7, 11) is 0. The second-order valence-electron chi connectivity index (χ2n) is 11.7. The fourth-order valence-corrected chi connectivity index (χ4v) is 5.48. The Labute approximate surface area is 225 Å². The summed E-state index contributed by atoms with van der Waals surface area (Å²) >= 11 is 0. The first-order valence-corrected chi connectivity index (χ1v) is 17.0. The third kappa shape index (κ3) is 34.0. The van der Waals surface area contributed by atoms with Crippen LogP contribution in [0.1, 0.15) is 212 Å². The Bertz CT molecular complexity index is 301. The zero-order chi connectivity index (χ0) is 25.3. The molecule has 0 spiro atoms. The lowest BCUT2D eigenvalue weighted by Gasteiger charge is -2.04. The maximum absolute atomic E-state index is 3.92. The molecule has 0 heteroatoms. The molecule has 0 heterocycles. The summed E-state index contributed by atoms with van der Waals surface area (Å²) in [5.74, 6) is 0. The van der Waals surface area contributed by atoms with Gasteiger partial charge in [0, 0.05) is 0 Å². The Morgan fingerprint density at radius 1 is 0.143 bits per heavy atom. The van der Waals surface area contributed by atoms with Gasteiger partial charge in [-0.3, -0.25) is 0 Å². The van der Waals surface area contributed by atoms with Crippen LogP contribution in [0.15, 0.2) is 0 Å². The summed E-state index contributed by atoms with van der Waals surface area (Å²) in [5.41, 5.74) is 0. The van der Waals surface area contributed by atoms with Crippen molar-refractivity contribution in [3.63, 3.8) is 0 Å². The van der Waals surface area contributed by atoms with E-state index < -0.39 is 0 Å². The first-order chi connectivity index (χ1) is 17.4. The molecular formula is C35H70. The van der Waals surface area contributed by atoms with E-state index in [0.29, 0.717) is 0 Å². The number of hydrogen-bond donors (Lipinski definition) is 0. The molecule has 2 radical (unpaired) electrons. The third-order valence-electron chi connectivity index (χ3n) is 8.00. The first-order valence-electron chi connectivity index (χ1n) is 17.0. The zero-order valence-electron chi connectivity index (χ0n) is 24.7. The van der Waals surface area contributed by atoms with E-state index in [1.807, 2.05) is 0 Å². The van der Waals surface area contributed by atoms with Crippen molar-refractivity contribution in [1.29, 1.82) is 0 Å². The highest BCUT2D eigenvalue weighted by atomic mass is 14.0. The molecule has 0 aromatic carbocycles. The summed E-state index contributed by atoms with van der Waals surface area (Å²) in [4.78, 5) is 0. The van der Waals surface area contributed by atoms with Crippen LogP contribution in [-0.4, -0.2) is 0 Å². The molecule has 35 heavy (non-hydrogen) atoms. The maximum Gasteiger partial charge on any atom is -0.0533 e. The van der Waals surface area contributed by atoms with Gasteiger partial charge in [-0.1, -0.05) is 226 Å². The van der Waals surface area contributed by atoms with Crippen LogP contribution in [0.3, 0.4) is 0 Å². The van der Waals surface area contributed by atoms with Gasteiger partial charge < -0.3 is 0 Å². The Balaban J connectivity index is 3.00. The minimum Gasteiger partial charge on any atom is -0.0533 e. The molecule has 0 N–H and O–H groups in total.